The van der Waals surface area contributed by atoms with Crippen LogP contribution in [0.2, 0.25) is 0 Å². The minimum absolute atomic E-state index is 0.00854. The molecule has 3 nitrogen and oxygen atoms in total. The van der Waals surface area contributed by atoms with Gasteiger partial charge in [-0.3, -0.25) is 0 Å². The molecule has 3 heteroatoms. The summed E-state index contributed by atoms with van der Waals surface area (Å²) in [6.07, 6.45) is 0. The van der Waals surface area contributed by atoms with E-state index >= 15 is 0 Å². The largest absolute Gasteiger partial charge is 0.395 e. The summed E-state index contributed by atoms with van der Waals surface area (Å²) < 4.78 is 5.61. The minimum atomic E-state index is -0.146. The van der Waals surface area contributed by atoms with Gasteiger partial charge in [-0.2, -0.15) is 0 Å². The first kappa shape index (κ1) is 13.9. The normalized spacial score (nSPS) is 15.6. The Morgan fingerprint density at radius 2 is 1.64 bits per heavy atom. The molecule has 0 aliphatic carbocycles. The van der Waals surface area contributed by atoms with Gasteiger partial charge in [0.25, 0.3) is 0 Å². The average molecular weight is 203 g/mol. The van der Waals surface area contributed by atoms with Gasteiger partial charge in [0.2, 0.25) is 0 Å². The van der Waals surface area contributed by atoms with Crippen LogP contribution in [0.1, 0.15) is 41.5 Å². The number of aliphatic hydroxyl groups is 1. The first-order valence-corrected chi connectivity index (χ1v) is 5.16. The molecule has 0 aromatic heterocycles. The SMILES string of the molecule is CC(C)(C)N[C@@H](CO)COC(C)(C)C. The van der Waals surface area contributed by atoms with Crippen molar-refractivity contribution in [2.24, 2.45) is 0 Å². The van der Waals surface area contributed by atoms with Crippen molar-refractivity contribution in [3.05, 3.63) is 0 Å². The lowest BCUT2D eigenvalue weighted by atomic mass is 10.1. The van der Waals surface area contributed by atoms with Gasteiger partial charge in [-0.25, -0.2) is 0 Å². The van der Waals surface area contributed by atoms with E-state index in [0.717, 1.165) is 0 Å². The Bertz CT molecular complexity index is 156. The molecule has 0 saturated heterocycles. The average Bonchev–Trinajstić information content (AvgIpc) is 1.94. The Morgan fingerprint density at radius 1 is 1.14 bits per heavy atom. The van der Waals surface area contributed by atoms with Crippen LogP contribution in [0.25, 0.3) is 0 Å². The quantitative estimate of drug-likeness (QED) is 0.728. The van der Waals surface area contributed by atoms with Crippen LogP contribution in [-0.2, 0) is 4.74 Å². The molecular weight excluding hydrogens is 178 g/mol. The fourth-order valence-electron chi connectivity index (χ4n) is 1.10. The summed E-state index contributed by atoms with van der Waals surface area (Å²) in [5.41, 5.74) is -0.137. The van der Waals surface area contributed by atoms with Gasteiger partial charge in [-0.15, -0.1) is 0 Å². The fraction of sp³-hybridized carbons (Fsp3) is 1.00. The predicted molar refractivity (Wildman–Crippen MR) is 59.5 cm³/mol. The number of hydrogen-bond acceptors (Lipinski definition) is 3. The molecule has 2 N–H and O–H groups in total. The highest BCUT2D eigenvalue weighted by molar-refractivity contribution is 4.78. The van der Waals surface area contributed by atoms with E-state index in [1.165, 1.54) is 0 Å². The van der Waals surface area contributed by atoms with E-state index in [1.54, 1.807) is 0 Å². The minimum Gasteiger partial charge on any atom is -0.395 e. The molecule has 0 spiro atoms. The molecule has 0 saturated carbocycles. The fourth-order valence-corrected chi connectivity index (χ4v) is 1.10. The maximum absolute atomic E-state index is 9.14. The Kier molecular flexibility index (Phi) is 5.06. The van der Waals surface area contributed by atoms with Crippen molar-refractivity contribution in [3.63, 3.8) is 0 Å². The molecule has 14 heavy (non-hydrogen) atoms. The Hall–Kier alpha value is -0.120. The summed E-state index contributed by atoms with van der Waals surface area (Å²) in [6, 6.07) is 0.00854. The third-order valence-corrected chi connectivity index (χ3v) is 1.58. The van der Waals surface area contributed by atoms with Crippen LogP contribution in [-0.4, -0.2) is 35.5 Å². The molecule has 0 rings (SSSR count). The van der Waals surface area contributed by atoms with Gasteiger partial charge in [0, 0.05) is 5.54 Å². The third kappa shape index (κ3) is 8.48. The highest BCUT2D eigenvalue weighted by Crippen LogP contribution is 2.08. The highest BCUT2D eigenvalue weighted by atomic mass is 16.5. The maximum Gasteiger partial charge on any atom is 0.0649 e. The summed E-state index contributed by atoms with van der Waals surface area (Å²) in [6.45, 7) is 12.9. The van der Waals surface area contributed by atoms with Gasteiger partial charge in [-0.1, -0.05) is 0 Å². The van der Waals surface area contributed by atoms with Crippen LogP contribution in [0.4, 0.5) is 0 Å². The van der Waals surface area contributed by atoms with Gasteiger partial charge >= 0.3 is 0 Å². The van der Waals surface area contributed by atoms with Crippen molar-refractivity contribution >= 4 is 0 Å². The van der Waals surface area contributed by atoms with Crippen molar-refractivity contribution in [2.75, 3.05) is 13.2 Å². The topological polar surface area (TPSA) is 41.5 Å². The van der Waals surface area contributed by atoms with Crippen molar-refractivity contribution in [1.29, 1.82) is 0 Å². The summed E-state index contributed by atoms with van der Waals surface area (Å²) in [7, 11) is 0. The van der Waals surface area contributed by atoms with Gasteiger partial charge in [-0.05, 0) is 41.5 Å². The van der Waals surface area contributed by atoms with Gasteiger partial charge in [0.15, 0.2) is 0 Å². The molecule has 0 radical (unpaired) electrons. The van der Waals surface area contributed by atoms with Crippen molar-refractivity contribution in [1.82, 2.24) is 5.32 Å². The molecule has 0 unspecified atom stereocenters. The molecule has 0 aromatic rings. The molecule has 0 bridgehead atoms. The van der Waals surface area contributed by atoms with Crippen LogP contribution in [0, 0.1) is 0 Å². The molecule has 0 heterocycles. The zero-order valence-electron chi connectivity index (χ0n) is 10.3. The van der Waals surface area contributed by atoms with E-state index in [-0.39, 0.29) is 23.8 Å². The zero-order chi connectivity index (χ0) is 11.4. The van der Waals surface area contributed by atoms with E-state index in [1.807, 2.05) is 20.8 Å². The van der Waals surface area contributed by atoms with Crippen LogP contribution in [0.15, 0.2) is 0 Å². The molecule has 1 atom stereocenters. The van der Waals surface area contributed by atoms with Crippen molar-refractivity contribution in [2.45, 2.75) is 58.7 Å². The smallest absolute Gasteiger partial charge is 0.0649 e. The maximum atomic E-state index is 9.14. The second-order valence-electron chi connectivity index (χ2n) is 5.70. The van der Waals surface area contributed by atoms with Gasteiger partial charge < -0.3 is 15.2 Å². The molecule has 0 aliphatic rings. The molecule has 0 aromatic carbocycles. The number of nitrogens with one attached hydrogen (secondary N) is 1. The van der Waals surface area contributed by atoms with Gasteiger partial charge in [0.1, 0.15) is 0 Å². The summed E-state index contributed by atoms with van der Waals surface area (Å²) in [5.74, 6) is 0. The van der Waals surface area contributed by atoms with Crippen molar-refractivity contribution in [3.8, 4) is 0 Å². The molecule has 0 aliphatic heterocycles. The molecule has 86 valence electrons. The summed E-state index contributed by atoms with van der Waals surface area (Å²) >= 11 is 0. The lowest BCUT2D eigenvalue weighted by Gasteiger charge is -2.29. The Balaban J connectivity index is 3.93. The molecule has 0 amide bonds. The second-order valence-corrected chi connectivity index (χ2v) is 5.70. The predicted octanol–water partition coefficient (Wildman–Crippen LogP) is 1.55. The number of rotatable bonds is 4. The van der Waals surface area contributed by atoms with Crippen molar-refractivity contribution < 1.29 is 9.84 Å². The van der Waals surface area contributed by atoms with E-state index in [2.05, 4.69) is 26.1 Å². The zero-order valence-corrected chi connectivity index (χ0v) is 10.3. The standard InChI is InChI=1S/C11H25NO2/c1-10(2,3)12-9(7-13)8-14-11(4,5)6/h9,12-13H,7-8H2,1-6H3/t9-/m0/s1. The van der Waals surface area contributed by atoms with Gasteiger partial charge in [0.05, 0.1) is 24.9 Å². The number of ether oxygens (including phenoxy) is 1. The first-order chi connectivity index (χ1) is 6.14. The Morgan fingerprint density at radius 3 is 1.93 bits per heavy atom. The van der Waals surface area contributed by atoms with E-state index in [0.29, 0.717) is 6.61 Å². The summed E-state index contributed by atoms with van der Waals surface area (Å²) in [5, 5.41) is 12.4. The third-order valence-electron chi connectivity index (χ3n) is 1.58. The summed E-state index contributed by atoms with van der Waals surface area (Å²) in [4.78, 5) is 0. The van der Waals surface area contributed by atoms with E-state index < -0.39 is 0 Å². The van der Waals surface area contributed by atoms with Crippen LogP contribution < -0.4 is 5.32 Å². The first-order valence-electron chi connectivity index (χ1n) is 5.16. The van der Waals surface area contributed by atoms with Crippen LogP contribution >= 0.6 is 0 Å². The highest BCUT2D eigenvalue weighted by Gasteiger charge is 2.19. The monoisotopic (exact) mass is 203 g/mol. The van der Waals surface area contributed by atoms with E-state index in [4.69, 9.17) is 9.84 Å². The molecular formula is C11H25NO2. The number of aliphatic hydroxyl groups excluding tert-OH is 1. The molecule has 0 fully saturated rings. The lowest BCUT2D eigenvalue weighted by Crippen LogP contribution is -2.48. The van der Waals surface area contributed by atoms with E-state index in [9.17, 15) is 0 Å². The number of hydrogen-bond donors (Lipinski definition) is 2. The Labute approximate surface area is 87.8 Å². The second kappa shape index (κ2) is 5.10. The van der Waals surface area contributed by atoms with Crippen LogP contribution in [0.5, 0.6) is 0 Å². The van der Waals surface area contributed by atoms with Crippen LogP contribution in [0.3, 0.4) is 0 Å². The lowest BCUT2D eigenvalue weighted by molar-refractivity contribution is -0.0247.